The van der Waals surface area contributed by atoms with Crippen molar-refractivity contribution in [3.8, 4) is 0 Å². The Morgan fingerprint density at radius 1 is 0.639 bits per heavy atom. The Morgan fingerprint density at radius 3 is 1.50 bits per heavy atom. The molecule has 1 nitrogen and oxygen atoms in total. The van der Waals surface area contributed by atoms with Crippen LogP contribution in [-0.2, 0) is 4.79 Å². The van der Waals surface area contributed by atoms with Crippen LogP contribution < -0.4 is 15.9 Å². The molecule has 0 aliphatic rings. The lowest BCUT2D eigenvalue weighted by Gasteiger charge is -2.32. The standard InChI is InChI=1S/C33H27OPS/c1-26-24-25-36-32(26)23-22-31(34)33(27-14-6-2-7-15-27)35(28-16-8-3-9-17-28,29-18-10-4-11-19-29)30-20-12-5-13-21-30/h2-25H,1H3/b23-22+. The topological polar surface area (TPSA) is 17.1 Å². The van der Waals surface area contributed by atoms with Gasteiger partial charge in [-0.1, -0.05) is 121 Å². The summed E-state index contributed by atoms with van der Waals surface area (Å²) in [4.78, 5) is 15.5. The molecule has 3 heteroatoms. The largest absolute Gasteiger partial charge is 0.289 e. The summed E-state index contributed by atoms with van der Waals surface area (Å²) < 4.78 is 0. The molecular formula is C33H27OPS. The summed E-state index contributed by atoms with van der Waals surface area (Å²) in [5.74, 6) is 0.0406. The second-order valence-electron chi connectivity index (χ2n) is 8.56. The molecule has 0 N–H and O–H groups in total. The van der Waals surface area contributed by atoms with Gasteiger partial charge in [0.05, 0.1) is 0 Å². The quantitative estimate of drug-likeness (QED) is 0.176. The van der Waals surface area contributed by atoms with Crippen molar-refractivity contribution < 1.29 is 4.79 Å². The van der Waals surface area contributed by atoms with Gasteiger partial charge in [0.1, 0.15) is 0 Å². The van der Waals surface area contributed by atoms with Gasteiger partial charge in [0.2, 0.25) is 0 Å². The predicted octanol–water partition coefficient (Wildman–Crippen LogP) is 6.85. The van der Waals surface area contributed by atoms with Crippen molar-refractivity contribution in [3.05, 3.63) is 155 Å². The molecule has 0 fully saturated rings. The minimum absolute atomic E-state index is 0.0406. The van der Waals surface area contributed by atoms with E-state index in [4.69, 9.17) is 0 Å². The van der Waals surface area contributed by atoms with Crippen LogP contribution in [-0.4, -0.2) is 11.1 Å². The Kier molecular flexibility index (Phi) is 7.28. The number of rotatable bonds is 7. The van der Waals surface area contributed by atoms with E-state index < -0.39 is 6.89 Å². The van der Waals surface area contributed by atoms with Crippen LogP contribution in [0.15, 0.2) is 139 Å². The summed E-state index contributed by atoms with van der Waals surface area (Å²) in [6.07, 6.45) is 3.74. The summed E-state index contributed by atoms with van der Waals surface area (Å²) in [6.45, 7) is -0.460. The Labute approximate surface area is 217 Å². The maximum absolute atomic E-state index is 14.4. The van der Waals surface area contributed by atoms with Crippen molar-refractivity contribution in [1.29, 1.82) is 0 Å². The zero-order valence-corrected chi connectivity index (χ0v) is 21.8. The SMILES string of the molecule is Cc1ccsc1/C=C/C(=O)C(c1ccccc1)=P(c1ccccc1)(c1ccccc1)c1ccccc1. The third-order valence-electron chi connectivity index (χ3n) is 6.33. The Bertz CT molecular complexity index is 1430. The van der Waals surface area contributed by atoms with Gasteiger partial charge in [0, 0.05) is 10.2 Å². The van der Waals surface area contributed by atoms with Gasteiger partial charge in [-0.25, -0.2) is 0 Å². The molecule has 5 rings (SSSR count). The lowest BCUT2D eigenvalue weighted by Crippen LogP contribution is -2.33. The van der Waals surface area contributed by atoms with Gasteiger partial charge in [0.15, 0.2) is 5.78 Å². The number of hydrogen-bond acceptors (Lipinski definition) is 2. The summed E-state index contributed by atoms with van der Waals surface area (Å²) in [5.41, 5.74) is 2.14. The van der Waals surface area contributed by atoms with Gasteiger partial charge < -0.3 is 0 Å². The number of benzene rings is 4. The van der Waals surface area contributed by atoms with Crippen molar-refractivity contribution in [2.75, 3.05) is 0 Å². The molecule has 176 valence electrons. The lowest BCUT2D eigenvalue weighted by atomic mass is 10.1. The highest BCUT2D eigenvalue weighted by Crippen LogP contribution is 2.48. The van der Waals surface area contributed by atoms with E-state index in [1.54, 1.807) is 17.4 Å². The van der Waals surface area contributed by atoms with E-state index >= 15 is 0 Å². The van der Waals surface area contributed by atoms with E-state index in [-0.39, 0.29) is 5.78 Å². The number of hydrogen-bond donors (Lipinski definition) is 0. The second kappa shape index (κ2) is 10.9. The van der Waals surface area contributed by atoms with E-state index in [1.165, 1.54) is 5.56 Å². The van der Waals surface area contributed by atoms with Crippen LogP contribution in [0.5, 0.6) is 0 Å². The van der Waals surface area contributed by atoms with E-state index in [0.717, 1.165) is 31.6 Å². The van der Waals surface area contributed by atoms with E-state index in [2.05, 4.69) is 103 Å². The molecule has 0 radical (unpaired) electrons. The molecule has 0 spiro atoms. The van der Waals surface area contributed by atoms with Crippen molar-refractivity contribution in [2.24, 2.45) is 0 Å². The van der Waals surface area contributed by atoms with Crippen molar-refractivity contribution >= 4 is 51.3 Å². The van der Waals surface area contributed by atoms with Gasteiger partial charge in [-0.15, -0.1) is 11.3 Å². The van der Waals surface area contributed by atoms with Gasteiger partial charge in [-0.05, 0) is 64.4 Å². The van der Waals surface area contributed by atoms with Crippen LogP contribution in [0.2, 0.25) is 0 Å². The minimum Gasteiger partial charge on any atom is -0.289 e. The maximum Gasteiger partial charge on any atom is 0.187 e. The first-order valence-corrected chi connectivity index (χ1v) is 14.6. The lowest BCUT2D eigenvalue weighted by molar-refractivity contribution is -0.108. The van der Waals surface area contributed by atoms with Crippen LogP contribution in [0.1, 0.15) is 16.0 Å². The number of carbonyl (C=O) groups excluding carboxylic acids is 1. The fourth-order valence-corrected chi connectivity index (χ4v) is 9.96. The number of ketones is 1. The highest BCUT2D eigenvalue weighted by atomic mass is 32.1. The van der Waals surface area contributed by atoms with Crippen molar-refractivity contribution in [3.63, 3.8) is 0 Å². The number of aryl methyl sites for hydroxylation is 1. The highest BCUT2D eigenvalue weighted by molar-refractivity contribution is 7.96. The molecule has 0 saturated heterocycles. The first-order chi connectivity index (χ1) is 17.7. The van der Waals surface area contributed by atoms with Crippen LogP contribution in [0.25, 0.3) is 6.08 Å². The number of allylic oxidation sites excluding steroid dienone is 1. The summed E-state index contributed by atoms with van der Waals surface area (Å²) >= 11 is 1.66. The van der Waals surface area contributed by atoms with E-state index in [9.17, 15) is 4.79 Å². The fourth-order valence-electron chi connectivity index (χ4n) is 4.67. The molecule has 1 heterocycles. The first kappa shape index (κ1) is 24.0. The van der Waals surface area contributed by atoms with Gasteiger partial charge in [-0.3, -0.25) is 4.79 Å². The van der Waals surface area contributed by atoms with Gasteiger partial charge in [0.25, 0.3) is 0 Å². The predicted molar refractivity (Wildman–Crippen MR) is 159 cm³/mol. The Hall–Kier alpha value is -3.71. The molecule has 0 aliphatic heterocycles. The highest BCUT2D eigenvalue weighted by Gasteiger charge is 2.33. The maximum atomic E-state index is 14.4. The summed E-state index contributed by atoms with van der Waals surface area (Å²) in [5, 5.41) is 6.40. The smallest absolute Gasteiger partial charge is 0.187 e. The average Bonchev–Trinajstić information content (AvgIpc) is 3.36. The van der Waals surface area contributed by atoms with Crippen LogP contribution >= 0.6 is 18.2 Å². The van der Waals surface area contributed by atoms with Crippen LogP contribution in [0, 0.1) is 6.92 Å². The first-order valence-electron chi connectivity index (χ1n) is 12.0. The monoisotopic (exact) mass is 502 g/mol. The van der Waals surface area contributed by atoms with Crippen molar-refractivity contribution in [1.82, 2.24) is 0 Å². The number of thiophene rings is 1. The van der Waals surface area contributed by atoms with Crippen LogP contribution in [0.3, 0.4) is 0 Å². The third-order valence-corrected chi connectivity index (χ3v) is 11.7. The zero-order chi connectivity index (χ0) is 24.8. The average molecular weight is 503 g/mol. The van der Waals surface area contributed by atoms with Crippen LogP contribution in [0.4, 0.5) is 0 Å². The Morgan fingerprint density at radius 2 is 1.08 bits per heavy atom. The molecule has 4 aromatic carbocycles. The molecule has 36 heavy (non-hydrogen) atoms. The number of carbonyl (C=O) groups is 1. The molecular weight excluding hydrogens is 475 g/mol. The molecule has 5 aromatic rings. The molecule has 0 saturated carbocycles. The summed E-state index contributed by atoms with van der Waals surface area (Å²) in [6, 6.07) is 43.9. The Balaban J connectivity index is 1.95. The van der Waals surface area contributed by atoms with Crippen molar-refractivity contribution in [2.45, 2.75) is 6.92 Å². The zero-order valence-electron chi connectivity index (χ0n) is 20.1. The normalized spacial score (nSPS) is 11.5. The van der Waals surface area contributed by atoms with E-state index in [0.29, 0.717) is 0 Å². The second-order valence-corrected chi connectivity index (χ2v) is 12.8. The molecule has 1 aromatic heterocycles. The molecule has 0 aliphatic carbocycles. The third kappa shape index (κ3) is 4.58. The molecule has 0 unspecified atom stereocenters. The van der Waals surface area contributed by atoms with E-state index in [1.807, 2.05) is 42.5 Å². The van der Waals surface area contributed by atoms with Gasteiger partial charge in [-0.2, -0.15) is 0 Å². The molecule has 0 amide bonds. The molecule has 0 bridgehead atoms. The summed E-state index contributed by atoms with van der Waals surface area (Å²) in [7, 11) is 0. The molecule has 0 atom stereocenters. The minimum atomic E-state index is -2.54. The van der Waals surface area contributed by atoms with Gasteiger partial charge >= 0.3 is 0 Å². The fraction of sp³-hybridized carbons (Fsp3) is 0.0303.